The lowest BCUT2D eigenvalue weighted by Gasteiger charge is -2.00. The first kappa shape index (κ1) is 18.8. The van der Waals surface area contributed by atoms with Gasteiger partial charge in [0.15, 0.2) is 5.00 Å². The first-order chi connectivity index (χ1) is 13.7. The van der Waals surface area contributed by atoms with Crippen LogP contribution in [0.25, 0.3) is 0 Å². The molecule has 2 aromatic carbocycles. The summed E-state index contributed by atoms with van der Waals surface area (Å²) in [6.07, 6.45) is 1.96. The summed E-state index contributed by atoms with van der Waals surface area (Å²) in [6.45, 7) is 4.93. The molecule has 0 N–H and O–H groups in total. The monoisotopic (exact) mass is 409 g/mol. The van der Waals surface area contributed by atoms with Crippen LogP contribution < -0.4 is 4.80 Å². The molecule has 0 unspecified atom stereocenters. The Morgan fingerprint density at radius 2 is 1.79 bits per heavy atom. The van der Waals surface area contributed by atoms with E-state index in [9.17, 15) is 0 Å². The number of halogens is 1. The summed E-state index contributed by atoms with van der Waals surface area (Å²) in [6, 6.07) is 15.7. The van der Waals surface area contributed by atoms with Gasteiger partial charge in [-0.2, -0.15) is 5.10 Å². The van der Waals surface area contributed by atoms with E-state index in [4.69, 9.17) is 11.6 Å². The second-order valence-corrected chi connectivity index (χ2v) is 7.89. The molecular formula is C21H20ClN5S. The number of rotatable bonds is 4. The topological polar surface area (TPSA) is 54.4 Å². The number of azo groups is 1. The number of aromatic nitrogens is 1. The van der Waals surface area contributed by atoms with Gasteiger partial charge in [0.2, 0.25) is 4.80 Å². The van der Waals surface area contributed by atoms with E-state index in [1.165, 1.54) is 22.5 Å². The summed E-state index contributed by atoms with van der Waals surface area (Å²) < 4.78 is 2.12. The van der Waals surface area contributed by atoms with Gasteiger partial charge < -0.3 is 4.57 Å². The van der Waals surface area contributed by atoms with Crippen LogP contribution in [-0.4, -0.2) is 10.3 Å². The first-order valence-corrected chi connectivity index (χ1v) is 10.4. The average molecular weight is 410 g/mol. The molecule has 142 valence electrons. The van der Waals surface area contributed by atoms with Crippen LogP contribution in [0.5, 0.6) is 0 Å². The number of hydrogen-bond donors (Lipinski definition) is 0. The molecule has 1 heterocycles. The van der Waals surface area contributed by atoms with E-state index in [2.05, 4.69) is 56.2 Å². The van der Waals surface area contributed by atoms with Gasteiger partial charge in [0.25, 0.3) is 0 Å². The number of benzene rings is 2. The highest BCUT2D eigenvalue weighted by Gasteiger charge is 2.16. The van der Waals surface area contributed by atoms with Gasteiger partial charge in [-0.05, 0) is 56.5 Å². The SMILES string of the molecule is CCn1c(C)c(N=Nc2ccc(Cl)cc2)s/c1=N/N=C1\CCc2ccccc21. The van der Waals surface area contributed by atoms with Gasteiger partial charge in [0.1, 0.15) is 0 Å². The third-order valence-electron chi connectivity index (χ3n) is 4.75. The Morgan fingerprint density at radius 3 is 2.57 bits per heavy atom. The van der Waals surface area contributed by atoms with Crippen LogP contribution in [0.1, 0.15) is 30.2 Å². The maximum Gasteiger partial charge on any atom is 0.212 e. The summed E-state index contributed by atoms with van der Waals surface area (Å²) in [5.41, 5.74) is 5.41. The van der Waals surface area contributed by atoms with Gasteiger partial charge in [0.05, 0.1) is 17.1 Å². The third kappa shape index (κ3) is 3.84. The van der Waals surface area contributed by atoms with Gasteiger partial charge in [-0.1, -0.05) is 47.2 Å². The molecule has 5 nitrogen and oxygen atoms in total. The van der Waals surface area contributed by atoms with Crippen LogP contribution in [-0.2, 0) is 13.0 Å². The van der Waals surface area contributed by atoms with Crippen molar-refractivity contribution in [3.63, 3.8) is 0 Å². The van der Waals surface area contributed by atoms with Crippen LogP contribution in [0.2, 0.25) is 5.02 Å². The summed E-state index contributed by atoms with van der Waals surface area (Å²) in [5.74, 6) is 0. The molecule has 0 spiro atoms. The van der Waals surface area contributed by atoms with Gasteiger partial charge in [-0.25, -0.2) is 0 Å². The van der Waals surface area contributed by atoms with E-state index in [1.807, 2.05) is 19.1 Å². The van der Waals surface area contributed by atoms with Gasteiger partial charge >= 0.3 is 0 Å². The molecule has 0 fully saturated rings. The number of thiazole rings is 1. The minimum atomic E-state index is 0.684. The highest BCUT2D eigenvalue weighted by atomic mass is 35.5. The fourth-order valence-electron chi connectivity index (χ4n) is 3.24. The van der Waals surface area contributed by atoms with E-state index in [0.717, 1.165) is 46.3 Å². The first-order valence-electron chi connectivity index (χ1n) is 9.22. The van der Waals surface area contributed by atoms with Crippen molar-refractivity contribution in [2.24, 2.45) is 20.4 Å². The number of hydrogen-bond acceptors (Lipinski definition) is 5. The van der Waals surface area contributed by atoms with E-state index < -0.39 is 0 Å². The quantitative estimate of drug-likeness (QED) is 0.364. The second-order valence-electron chi connectivity index (χ2n) is 6.50. The smallest absolute Gasteiger partial charge is 0.212 e. The predicted octanol–water partition coefficient (Wildman–Crippen LogP) is 6.20. The molecule has 0 bridgehead atoms. The lowest BCUT2D eigenvalue weighted by Crippen LogP contribution is -2.14. The largest absolute Gasteiger partial charge is 0.318 e. The van der Waals surface area contributed by atoms with E-state index in [1.54, 1.807) is 12.1 Å². The summed E-state index contributed by atoms with van der Waals surface area (Å²) in [7, 11) is 0. The molecule has 1 aromatic heterocycles. The zero-order chi connectivity index (χ0) is 19.5. The minimum absolute atomic E-state index is 0.684. The Labute approximate surface area is 172 Å². The molecule has 1 aliphatic carbocycles. The molecule has 0 aliphatic heterocycles. The second kappa shape index (κ2) is 8.20. The molecule has 7 heteroatoms. The van der Waals surface area contributed by atoms with Gasteiger partial charge in [-0.15, -0.1) is 15.3 Å². The molecule has 1 aliphatic rings. The molecule has 0 amide bonds. The molecule has 0 saturated carbocycles. The molecule has 0 radical (unpaired) electrons. The van der Waals surface area contributed by atoms with Crippen molar-refractivity contribution < 1.29 is 0 Å². The highest BCUT2D eigenvalue weighted by molar-refractivity contribution is 7.13. The van der Waals surface area contributed by atoms with Crippen molar-refractivity contribution in [2.45, 2.75) is 33.2 Å². The summed E-state index contributed by atoms with van der Waals surface area (Å²) in [4.78, 5) is 0.835. The molecule has 4 rings (SSSR count). The maximum atomic E-state index is 5.92. The molecule has 0 atom stereocenters. The van der Waals surface area contributed by atoms with Crippen molar-refractivity contribution in [3.8, 4) is 0 Å². The van der Waals surface area contributed by atoms with Crippen LogP contribution in [0.15, 0.2) is 69.0 Å². The molecule has 0 saturated heterocycles. The Hall–Kier alpha value is -2.57. The lowest BCUT2D eigenvalue weighted by atomic mass is 10.1. The van der Waals surface area contributed by atoms with Crippen LogP contribution in [0.3, 0.4) is 0 Å². The van der Waals surface area contributed by atoms with Crippen molar-refractivity contribution in [1.29, 1.82) is 0 Å². The normalized spacial score (nSPS) is 15.7. The van der Waals surface area contributed by atoms with Crippen molar-refractivity contribution in [1.82, 2.24) is 4.57 Å². The van der Waals surface area contributed by atoms with Crippen LogP contribution >= 0.6 is 22.9 Å². The Morgan fingerprint density at radius 1 is 1.00 bits per heavy atom. The Kier molecular flexibility index (Phi) is 5.50. The average Bonchev–Trinajstić information content (AvgIpc) is 3.26. The zero-order valence-electron chi connectivity index (χ0n) is 15.8. The highest BCUT2D eigenvalue weighted by Crippen LogP contribution is 2.26. The predicted molar refractivity (Wildman–Crippen MR) is 115 cm³/mol. The van der Waals surface area contributed by atoms with Crippen LogP contribution in [0.4, 0.5) is 10.7 Å². The molecule has 3 aromatic rings. The number of fused-ring (bicyclic) bond motifs is 1. The van der Waals surface area contributed by atoms with Crippen LogP contribution in [0, 0.1) is 6.92 Å². The Balaban J connectivity index is 1.67. The number of aryl methyl sites for hydroxylation is 1. The van der Waals surface area contributed by atoms with E-state index in [0.29, 0.717) is 5.02 Å². The lowest BCUT2D eigenvalue weighted by molar-refractivity contribution is 0.705. The van der Waals surface area contributed by atoms with Crippen molar-refractivity contribution in [2.75, 3.05) is 0 Å². The fraction of sp³-hybridized carbons (Fsp3) is 0.238. The van der Waals surface area contributed by atoms with E-state index >= 15 is 0 Å². The summed E-state index contributed by atoms with van der Waals surface area (Å²) >= 11 is 7.42. The Bertz CT molecular complexity index is 1120. The third-order valence-corrected chi connectivity index (χ3v) is 6.06. The van der Waals surface area contributed by atoms with Crippen molar-refractivity contribution in [3.05, 3.63) is 75.2 Å². The standard InChI is InChI=1S/C21H20ClN5S/c1-3-27-14(2)20(25-23-17-11-9-16(22)10-12-17)28-21(27)26-24-19-13-8-15-6-4-5-7-18(15)19/h4-7,9-12H,3,8,13H2,1-2H3/b24-19+,25-23?,26-21+. The van der Waals surface area contributed by atoms with E-state index in [-0.39, 0.29) is 0 Å². The maximum absolute atomic E-state index is 5.92. The van der Waals surface area contributed by atoms with Gasteiger partial charge in [-0.3, -0.25) is 0 Å². The zero-order valence-corrected chi connectivity index (χ0v) is 17.3. The fourth-order valence-corrected chi connectivity index (χ4v) is 4.34. The molecular weight excluding hydrogens is 390 g/mol. The van der Waals surface area contributed by atoms with Crippen molar-refractivity contribution >= 4 is 39.3 Å². The minimum Gasteiger partial charge on any atom is -0.318 e. The number of nitrogens with zero attached hydrogens (tertiary/aromatic N) is 5. The summed E-state index contributed by atoms with van der Waals surface area (Å²) in [5, 5.41) is 19.4. The molecule has 28 heavy (non-hydrogen) atoms. The van der Waals surface area contributed by atoms with Gasteiger partial charge in [0, 0.05) is 17.1 Å².